The van der Waals surface area contributed by atoms with Gasteiger partial charge in [0.25, 0.3) is 0 Å². The molecule has 5 atom stereocenters. The number of carbonyl (C=O) groups is 1. The molecular weight excluding hydrogens is 374 g/mol. The summed E-state index contributed by atoms with van der Waals surface area (Å²) in [6, 6.07) is 6.68. The molecule has 1 fully saturated rings. The van der Waals surface area contributed by atoms with Crippen molar-refractivity contribution in [3.05, 3.63) is 41.7 Å². The van der Waals surface area contributed by atoms with Gasteiger partial charge in [-0.15, -0.1) is 5.10 Å². The van der Waals surface area contributed by atoms with E-state index in [-0.39, 0.29) is 6.61 Å². The lowest BCUT2D eigenvalue weighted by molar-refractivity contribution is -0.304. The zero-order chi connectivity index (χ0) is 20.3. The molecule has 11 nitrogen and oxygen atoms in total. The van der Waals surface area contributed by atoms with E-state index < -0.39 is 43.3 Å². The molecule has 1 aromatic carbocycles. The molecule has 1 saturated heterocycles. The highest BCUT2D eigenvalue weighted by Gasteiger charge is 2.44. The number of rotatable bonds is 6. The van der Waals surface area contributed by atoms with Gasteiger partial charge in [0.05, 0.1) is 37.8 Å². The number of hydrogen-bond donors (Lipinski definition) is 4. The molecule has 1 aliphatic rings. The second-order valence-electron chi connectivity index (χ2n) is 6.17. The molecule has 0 amide bonds. The number of nitrogens with zero attached hydrogens (tertiary/aromatic N) is 3. The minimum atomic E-state index is -1.53. The molecule has 0 unspecified atom stereocenters. The zero-order valence-electron chi connectivity index (χ0n) is 15.0. The zero-order valence-corrected chi connectivity index (χ0v) is 15.0. The highest BCUT2D eigenvalue weighted by Crippen LogP contribution is 2.23. The smallest absolute Gasteiger partial charge is 0.340 e. The van der Waals surface area contributed by atoms with Crippen LogP contribution in [0.4, 0.5) is 0 Å². The van der Waals surface area contributed by atoms with Gasteiger partial charge in [0, 0.05) is 0 Å². The Labute approximate surface area is 159 Å². The lowest BCUT2D eigenvalue weighted by Crippen LogP contribution is -2.59. The van der Waals surface area contributed by atoms with Gasteiger partial charge in [0.2, 0.25) is 0 Å². The molecule has 1 aromatic heterocycles. The van der Waals surface area contributed by atoms with Gasteiger partial charge in [-0.25, -0.2) is 9.48 Å². The number of methoxy groups -OCH3 is 1. The van der Waals surface area contributed by atoms with Crippen LogP contribution in [0.3, 0.4) is 0 Å². The van der Waals surface area contributed by atoms with Crippen LogP contribution in [0, 0.1) is 0 Å². The Morgan fingerprint density at radius 2 is 1.96 bits per heavy atom. The van der Waals surface area contributed by atoms with Crippen molar-refractivity contribution in [2.45, 2.75) is 37.3 Å². The van der Waals surface area contributed by atoms with Crippen molar-refractivity contribution in [3.8, 4) is 5.69 Å². The first-order valence-electron chi connectivity index (χ1n) is 8.47. The highest BCUT2D eigenvalue weighted by molar-refractivity contribution is 5.93. The van der Waals surface area contributed by atoms with Gasteiger partial charge in [-0.05, 0) is 12.1 Å². The van der Waals surface area contributed by atoms with Crippen molar-refractivity contribution in [2.75, 3.05) is 13.7 Å². The number of ether oxygens (including phenoxy) is 3. The van der Waals surface area contributed by atoms with Crippen molar-refractivity contribution < 1.29 is 39.4 Å². The third-order valence-corrected chi connectivity index (χ3v) is 4.34. The molecule has 0 spiro atoms. The maximum Gasteiger partial charge on any atom is 0.340 e. The van der Waals surface area contributed by atoms with Crippen molar-refractivity contribution >= 4 is 5.97 Å². The van der Waals surface area contributed by atoms with Crippen LogP contribution < -0.4 is 0 Å². The third-order valence-electron chi connectivity index (χ3n) is 4.34. The number of carbonyl (C=O) groups excluding carboxylic acids is 1. The lowest BCUT2D eigenvalue weighted by atomic mass is 9.99. The number of aromatic nitrogens is 3. The molecule has 11 heteroatoms. The Hall–Kier alpha value is -2.41. The minimum Gasteiger partial charge on any atom is -0.465 e. The van der Waals surface area contributed by atoms with Gasteiger partial charge < -0.3 is 34.6 Å². The van der Waals surface area contributed by atoms with E-state index >= 15 is 0 Å². The summed E-state index contributed by atoms with van der Waals surface area (Å²) >= 11 is 0. The van der Waals surface area contributed by atoms with Crippen LogP contribution >= 0.6 is 0 Å². The molecule has 1 aliphatic heterocycles. The average Bonchev–Trinajstić information content (AvgIpc) is 3.20. The first-order valence-corrected chi connectivity index (χ1v) is 8.47. The van der Waals surface area contributed by atoms with Gasteiger partial charge in [-0.3, -0.25) is 0 Å². The Morgan fingerprint density at radius 3 is 2.68 bits per heavy atom. The second kappa shape index (κ2) is 8.73. The summed E-state index contributed by atoms with van der Waals surface area (Å²) in [4.78, 5) is 11.9. The van der Waals surface area contributed by atoms with Crippen LogP contribution in [0.5, 0.6) is 0 Å². The van der Waals surface area contributed by atoms with E-state index in [2.05, 4.69) is 10.3 Å². The van der Waals surface area contributed by atoms with Crippen LogP contribution in [-0.4, -0.2) is 85.8 Å². The standard InChI is InChI=1S/C17H21N3O8/c1-26-16(25)10-4-2-3-5-11(10)20-6-9(18-19-20)8-27-17-15(24)14(23)13(22)12(7-21)28-17/h2-6,12-15,17,21-24H,7-8H2,1H3/t12-,13-,14+,15+,17+/m1/s1. The van der Waals surface area contributed by atoms with E-state index in [1.54, 1.807) is 24.3 Å². The maximum atomic E-state index is 11.9. The van der Waals surface area contributed by atoms with Crippen LogP contribution in [0.25, 0.3) is 5.69 Å². The summed E-state index contributed by atoms with van der Waals surface area (Å²) < 4.78 is 16.8. The predicted molar refractivity (Wildman–Crippen MR) is 91.3 cm³/mol. The van der Waals surface area contributed by atoms with Crippen LogP contribution in [0.2, 0.25) is 0 Å². The normalized spacial score (nSPS) is 27.5. The summed E-state index contributed by atoms with van der Waals surface area (Å²) in [5.74, 6) is -0.523. The molecule has 0 bridgehead atoms. The van der Waals surface area contributed by atoms with E-state index in [0.29, 0.717) is 16.9 Å². The van der Waals surface area contributed by atoms with Gasteiger partial charge in [-0.1, -0.05) is 17.3 Å². The van der Waals surface area contributed by atoms with Crippen molar-refractivity contribution in [1.29, 1.82) is 0 Å². The van der Waals surface area contributed by atoms with Crippen molar-refractivity contribution in [3.63, 3.8) is 0 Å². The number of benzene rings is 1. The average molecular weight is 395 g/mol. The Kier molecular flexibility index (Phi) is 6.34. The Morgan fingerprint density at radius 1 is 1.21 bits per heavy atom. The van der Waals surface area contributed by atoms with Crippen molar-refractivity contribution in [2.24, 2.45) is 0 Å². The van der Waals surface area contributed by atoms with E-state index in [1.165, 1.54) is 18.0 Å². The van der Waals surface area contributed by atoms with Crippen LogP contribution in [0.15, 0.2) is 30.5 Å². The number of aliphatic hydroxyl groups is 4. The summed E-state index contributed by atoms with van der Waals surface area (Å²) in [6.45, 7) is -0.686. The predicted octanol–water partition coefficient (Wildman–Crippen LogP) is -1.63. The lowest BCUT2D eigenvalue weighted by Gasteiger charge is -2.39. The van der Waals surface area contributed by atoms with E-state index in [9.17, 15) is 25.2 Å². The fraction of sp³-hybridized carbons (Fsp3) is 0.471. The number of esters is 1. The highest BCUT2D eigenvalue weighted by atomic mass is 16.7. The topological polar surface area (TPSA) is 156 Å². The first kappa shape index (κ1) is 20.3. The molecule has 3 rings (SSSR count). The Bertz CT molecular complexity index is 811. The van der Waals surface area contributed by atoms with Crippen molar-refractivity contribution in [1.82, 2.24) is 15.0 Å². The fourth-order valence-electron chi connectivity index (χ4n) is 2.81. The maximum absolute atomic E-state index is 11.9. The van der Waals surface area contributed by atoms with E-state index in [0.717, 1.165) is 0 Å². The van der Waals surface area contributed by atoms with Gasteiger partial charge in [-0.2, -0.15) is 0 Å². The number of para-hydroxylation sites is 1. The Balaban J connectivity index is 1.70. The minimum absolute atomic E-state index is 0.136. The van der Waals surface area contributed by atoms with Crippen LogP contribution in [-0.2, 0) is 20.8 Å². The molecule has 28 heavy (non-hydrogen) atoms. The SMILES string of the molecule is COC(=O)c1ccccc1-n1cc(CO[C@H]2O[C@H](CO)[C@@H](O)[C@H](O)[C@@H]2O)nn1. The molecule has 152 valence electrons. The first-order chi connectivity index (χ1) is 13.5. The summed E-state index contributed by atoms with van der Waals surface area (Å²) in [5.41, 5.74) is 1.12. The summed E-state index contributed by atoms with van der Waals surface area (Å²) in [5, 5.41) is 46.6. The van der Waals surface area contributed by atoms with Crippen LogP contribution in [0.1, 0.15) is 16.1 Å². The molecular formula is C17H21N3O8. The molecule has 0 aliphatic carbocycles. The molecule has 0 radical (unpaired) electrons. The number of aliphatic hydroxyl groups excluding tert-OH is 4. The largest absolute Gasteiger partial charge is 0.465 e. The second-order valence-corrected chi connectivity index (χ2v) is 6.17. The van der Waals surface area contributed by atoms with Gasteiger partial charge in [0.1, 0.15) is 30.1 Å². The summed E-state index contributed by atoms with van der Waals surface area (Å²) in [7, 11) is 1.28. The van der Waals surface area contributed by atoms with E-state index in [1.807, 2.05) is 0 Å². The monoisotopic (exact) mass is 395 g/mol. The quantitative estimate of drug-likeness (QED) is 0.419. The van der Waals surface area contributed by atoms with E-state index in [4.69, 9.17) is 14.2 Å². The molecule has 2 heterocycles. The number of hydrogen-bond acceptors (Lipinski definition) is 10. The van der Waals surface area contributed by atoms with Gasteiger partial charge in [0.15, 0.2) is 6.29 Å². The fourth-order valence-corrected chi connectivity index (χ4v) is 2.81. The molecule has 4 N–H and O–H groups in total. The molecule has 2 aromatic rings. The summed E-state index contributed by atoms with van der Waals surface area (Å²) in [6.07, 6.45) is -5.32. The van der Waals surface area contributed by atoms with Gasteiger partial charge >= 0.3 is 5.97 Å². The molecule has 0 saturated carbocycles. The third kappa shape index (κ3) is 4.04.